The quantitative estimate of drug-likeness (QED) is 0.454. The number of aryl methyl sites for hydroxylation is 2. The monoisotopic (exact) mass is 295 g/mol. The number of nitro benzene ring substituents is 1. The SMILES string of the molecule is COCCCC(N)C(=O)Nc1cc(C)c(C)cc1[N+](=O)[O-]. The molecular weight excluding hydrogens is 274 g/mol. The van der Waals surface area contributed by atoms with E-state index in [1.165, 1.54) is 6.07 Å². The second-order valence-electron chi connectivity index (χ2n) is 4.94. The van der Waals surface area contributed by atoms with Gasteiger partial charge in [-0.2, -0.15) is 0 Å². The molecule has 1 amide bonds. The van der Waals surface area contributed by atoms with Gasteiger partial charge < -0.3 is 15.8 Å². The van der Waals surface area contributed by atoms with E-state index in [-0.39, 0.29) is 11.4 Å². The van der Waals surface area contributed by atoms with Crippen LogP contribution in [0.15, 0.2) is 12.1 Å². The van der Waals surface area contributed by atoms with Crippen molar-refractivity contribution in [3.05, 3.63) is 33.4 Å². The molecule has 116 valence electrons. The summed E-state index contributed by atoms with van der Waals surface area (Å²) >= 11 is 0. The first kappa shape index (κ1) is 17.1. The maximum absolute atomic E-state index is 12.0. The molecule has 0 saturated carbocycles. The maximum atomic E-state index is 12.0. The van der Waals surface area contributed by atoms with Crippen LogP contribution < -0.4 is 11.1 Å². The minimum absolute atomic E-state index is 0.129. The van der Waals surface area contributed by atoms with Gasteiger partial charge in [-0.3, -0.25) is 14.9 Å². The van der Waals surface area contributed by atoms with Gasteiger partial charge in [0, 0.05) is 19.8 Å². The molecular formula is C14H21N3O4. The topological polar surface area (TPSA) is 107 Å². The Kier molecular flexibility index (Phi) is 6.26. The number of carbonyl (C=O) groups is 1. The molecule has 1 unspecified atom stereocenters. The Bertz CT molecular complexity index is 531. The van der Waals surface area contributed by atoms with Gasteiger partial charge in [-0.1, -0.05) is 0 Å². The van der Waals surface area contributed by atoms with Crippen LogP contribution in [0.25, 0.3) is 0 Å². The lowest BCUT2D eigenvalue weighted by Gasteiger charge is -2.13. The molecule has 3 N–H and O–H groups in total. The molecule has 7 nitrogen and oxygen atoms in total. The van der Waals surface area contributed by atoms with E-state index in [2.05, 4.69) is 5.32 Å². The van der Waals surface area contributed by atoms with Crippen LogP contribution in [0.4, 0.5) is 11.4 Å². The summed E-state index contributed by atoms with van der Waals surface area (Å²) in [7, 11) is 1.57. The zero-order valence-corrected chi connectivity index (χ0v) is 12.5. The zero-order chi connectivity index (χ0) is 16.0. The Balaban J connectivity index is 2.84. The molecule has 1 aromatic rings. The van der Waals surface area contributed by atoms with Gasteiger partial charge >= 0.3 is 0 Å². The summed E-state index contributed by atoms with van der Waals surface area (Å²) in [6, 6.07) is 2.32. The van der Waals surface area contributed by atoms with E-state index in [9.17, 15) is 14.9 Å². The molecule has 1 atom stereocenters. The van der Waals surface area contributed by atoms with E-state index in [1.807, 2.05) is 6.92 Å². The third-order valence-corrected chi connectivity index (χ3v) is 3.27. The Labute approximate surface area is 123 Å². The molecule has 0 aromatic heterocycles. The number of carbonyl (C=O) groups excluding carboxylic acids is 1. The lowest BCUT2D eigenvalue weighted by atomic mass is 10.1. The summed E-state index contributed by atoms with van der Waals surface area (Å²) in [5.41, 5.74) is 7.47. The van der Waals surface area contributed by atoms with Crippen molar-refractivity contribution < 1.29 is 14.5 Å². The summed E-state index contributed by atoms with van der Waals surface area (Å²) in [6.45, 7) is 4.13. The highest BCUT2D eigenvalue weighted by Crippen LogP contribution is 2.28. The predicted molar refractivity (Wildman–Crippen MR) is 80.3 cm³/mol. The largest absolute Gasteiger partial charge is 0.385 e. The Morgan fingerprint density at radius 2 is 2.05 bits per heavy atom. The predicted octanol–water partition coefficient (Wildman–Crippen LogP) is 1.90. The first-order valence-corrected chi connectivity index (χ1v) is 6.67. The second kappa shape index (κ2) is 7.70. The number of benzene rings is 1. The molecule has 0 spiro atoms. The van der Waals surface area contributed by atoms with Crippen molar-refractivity contribution in [1.82, 2.24) is 0 Å². The van der Waals surface area contributed by atoms with Crippen molar-refractivity contribution in [2.45, 2.75) is 32.7 Å². The van der Waals surface area contributed by atoms with E-state index in [4.69, 9.17) is 10.5 Å². The van der Waals surface area contributed by atoms with Crippen LogP contribution in [0.5, 0.6) is 0 Å². The summed E-state index contributed by atoms with van der Waals surface area (Å²) in [4.78, 5) is 22.5. The molecule has 0 aliphatic carbocycles. The van der Waals surface area contributed by atoms with Crippen molar-refractivity contribution >= 4 is 17.3 Å². The maximum Gasteiger partial charge on any atom is 0.293 e. The van der Waals surface area contributed by atoms with E-state index >= 15 is 0 Å². The number of methoxy groups -OCH3 is 1. The van der Waals surface area contributed by atoms with Crippen molar-refractivity contribution in [3.8, 4) is 0 Å². The molecule has 0 aliphatic rings. The molecule has 0 bridgehead atoms. The van der Waals surface area contributed by atoms with Crippen LogP contribution in [0.3, 0.4) is 0 Å². The van der Waals surface area contributed by atoms with Gasteiger partial charge in [0.1, 0.15) is 5.69 Å². The Morgan fingerprint density at radius 3 is 2.62 bits per heavy atom. The summed E-state index contributed by atoms with van der Waals surface area (Å²) in [5, 5.41) is 13.6. The smallest absolute Gasteiger partial charge is 0.293 e. The van der Waals surface area contributed by atoms with Crippen molar-refractivity contribution in [2.24, 2.45) is 5.73 Å². The number of hydrogen-bond donors (Lipinski definition) is 2. The van der Waals surface area contributed by atoms with Gasteiger partial charge in [0.05, 0.1) is 11.0 Å². The number of ether oxygens (including phenoxy) is 1. The average molecular weight is 295 g/mol. The zero-order valence-electron chi connectivity index (χ0n) is 12.5. The van der Waals surface area contributed by atoms with Gasteiger partial charge in [0.15, 0.2) is 0 Å². The van der Waals surface area contributed by atoms with Gasteiger partial charge in [-0.15, -0.1) is 0 Å². The lowest BCUT2D eigenvalue weighted by molar-refractivity contribution is -0.384. The second-order valence-corrected chi connectivity index (χ2v) is 4.94. The highest BCUT2D eigenvalue weighted by molar-refractivity contribution is 5.96. The molecule has 1 rings (SSSR count). The molecule has 0 aliphatic heterocycles. The van der Waals surface area contributed by atoms with E-state index in [1.54, 1.807) is 20.1 Å². The van der Waals surface area contributed by atoms with Crippen LogP contribution >= 0.6 is 0 Å². The Hall–Kier alpha value is -1.99. The number of nitrogens with one attached hydrogen (secondary N) is 1. The molecule has 0 fully saturated rings. The minimum atomic E-state index is -0.721. The normalized spacial score (nSPS) is 12.0. The van der Waals surface area contributed by atoms with Crippen molar-refractivity contribution in [2.75, 3.05) is 19.0 Å². The number of nitrogens with zero attached hydrogens (tertiary/aromatic N) is 1. The molecule has 0 radical (unpaired) electrons. The molecule has 0 heterocycles. The number of nitro groups is 1. The number of anilines is 1. The van der Waals surface area contributed by atoms with Gasteiger partial charge in [-0.25, -0.2) is 0 Å². The summed E-state index contributed by atoms with van der Waals surface area (Å²) in [6.07, 6.45) is 1.11. The number of nitrogens with two attached hydrogens (primary N) is 1. The van der Waals surface area contributed by atoms with Crippen LogP contribution in [0, 0.1) is 24.0 Å². The summed E-state index contributed by atoms with van der Waals surface area (Å²) in [5.74, 6) is -0.433. The molecule has 0 saturated heterocycles. The third kappa shape index (κ3) is 4.80. The highest BCUT2D eigenvalue weighted by Gasteiger charge is 2.20. The molecule has 1 aromatic carbocycles. The van der Waals surface area contributed by atoms with Crippen LogP contribution in [0.1, 0.15) is 24.0 Å². The molecule has 7 heteroatoms. The number of rotatable bonds is 7. The fourth-order valence-corrected chi connectivity index (χ4v) is 1.86. The Morgan fingerprint density at radius 1 is 1.43 bits per heavy atom. The van der Waals surface area contributed by atoms with Crippen LogP contribution in [-0.2, 0) is 9.53 Å². The van der Waals surface area contributed by atoms with Gasteiger partial charge in [0.25, 0.3) is 5.69 Å². The highest BCUT2D eigenvalue weighted by atomic mass is 16.6. The lowest BCUT2D eigenvalue weighted by Crippen LogP contribution is -2.36. The molecule has 21 heavy (non-hydrogen) atoms. The van der Waals surface area contributed by atoms with Crippen LogP contribution in [0.2, 0.25) is 0 Å². The number of amides is 1. The van der Waals surface area contributed by atoms with Crippen LogP contribution in [-0.4, -0.2) is 30.6 Å². The average Bonchev–Trinajstić information content (AvgIpc) is 2.42. The fourth-order valence-electron chi connectivity index (χ4n) is 1.86. The first-order valence-electron chi connectivity index (χ1n) is 6.67. The third-order valence-electron chi connectivity index (χ3n) is 3.27. The van der Waals surface area contributed by atoms with E-state index in [0.29, 0.717) is 19.4 Å². The standard InChI is InChI=1S/C14H21N3O4/c1-9-7-12(13(17(19)20)8-10(9)2)16-14(18)11(15)5-4-6-21-3/h7-8,11H,4-6,15H2,1-3H3,(H,16,18). The van der Waals surface area contributed by atoms with Crippen molar-refractivity contribution in [3.63, 3.8) is 0 Å². The van der Waals surface area contributed by atoms with Crippen molar-refractivity contribution in [1.29, 1.82) is 0 Å². The number of hydrogen-bond acceptors (Lipinski definition) is 5. The summed E-state index contributed by atoms with van der Waals surface area (Å²) < 4.78 is 4.89. The first-order chi connectivity index (χ1) is 9.86. The van der Waals surface area contributed by atoms with Gasteiger partial charge in [-0.05, 0) is 43.9 Å². The van der Waals surface area contributed by atoms with Gasteiger partial charge in [0.2, 0.25) is 5.91 Å². The minimum Gasteiger partial charge on any atom is -0.385 e. The fraction of sp³-hybridized carbons (Fsp3) is 0.500. The van der Waals surface area contributed by atoms with E-state index < -0.39 is 16.9 Å². The van der Waals surface area contributed by atoms with E-state index in [0.717, 1.165) is 11.1 Å².